The van der Waals surface area contributed by atoms with E-state index < -0.39 is 0 Å². The van der Waals surface area contributed by atoms with Crippen LogP contribution in [-0.4, -0.2) is 22.2 Å². The molecule has 2 heterocycles. The second-order valence-electron chi connectivity index (χ2n) is 7.84. The molecule has 0 aliphatic rings. The summed E-state index contributed by atoms with van der Waals surface area (Å²) in [5, 5.41) is 8.66. The third-order valence-electron chi connectivity index (χ3n) is 5.59. The highest BCUT2D eigenvalue weighted by Crippen LogP contribution is 2.25. The van der Waals surface area contributed by atoms with Gasteiger partial charge >= 0.3 is 0 Å². The van der Waals surface area contributed by atoms with Crippen LogP contribution < -0.4 is 5.32 Å². The van der Waals surface area contributed by atoms with Crippen molar-refractivity contribution in [1.82, 2.24) is 15.1 Å². The first-order valence-electron chi connectivity index (χ1n) is 10.4. The molecule has 4 aromatic rings. The fourth-order valence-electron chi connectivity index (χ4n) is 3.67. The zero-order chi connectivity index (χ0) is 21.1. The number of nitrogens with zero attached hydrogens (tertiary/aromatic N) is 2. The lowest BCUT2D eigenvalue weighted by Gasteiger charge is -2.05. The van der Waals surface area contributed by atoms with Crippen LogP contribution in [0.15, 0.2) is 59.3 Å². The molecule has 0 bridgehead atoms. The van der Waals surface area contributed by atoms with Gasteiger partial charge in [0, 0.05) is 23.7 Å². The lowest BCUT2D eigenvalue weighted by molar-refractivity contribution is -0.120. The van der Waals surface area contributed by atoms with E-state index in [2.05, 4.69) is 36.5 Å². The zero-order valence-corrected chi connectivity index (χ0v) is 17.7. The van der Waals surface area contributed by atoms with Gasteiger partial charge < -0.3 is 9.73 Å². The number of aromatic nitrogens is 2. The molecule has 0 spiro atoms. The molecule has 5 nitrogen and oxygen atoms in total. The predicted molar refractivity (Wildman–Crippen MR) is 119 cm³/mol. The molecule has 0 saturated heterocycles. The second kappa shape index (κ2) is 8.57. The van der Waals surface area contributed by atoms with Gasteiger partial charge in [-0.1, -0.05) is 18.2 Å². The highest BCUT2D eigenvalue weighted by atomic mass is 16.3. The molecule has 5 heteroatoms. The van der Waals surface area contributed by atoms with Crippen LogP contribution in [0, 0.1) is 20.8 Å². The van der Waals surface area contributed by atoms with Gasteiger partial charge in [0.05, 0.1) is 24.1 Å². The molecule has 4 rings (SSSR count). The number of hydrogen-bond donors (Lipinski definition) is 1. The van der Waals surface area contributed by atoms with Crippen LogP contribution >= 0.6 is 0 Å². The summed E-state index contributed by atoms with van der Waals surface area (Å²) in [5.74, 6) is 0.0210. The Bertz CT molecular complexity index is 1170. The molecule has 2 aromatic carbocycles. The largest absolute Gasteiger partial charge is 0.464 e. The molecule has 0 aliphatic carbocycles. The van der Waals surface area contributed by atoms with Gasteiger partial charge in [-0.3, -0.25) is 4.79 Å². The summed E-state index contributed by atoms with van der Waals surface area (Å²) in [7, 11) is 0. The zero-order valence-electron chi connectivity index (χ0n) is 17.7. The average Bonchev–Trinajstić information content (AvgIpc) is 3.30. The number of nitrogens with one attached hydrogen (secondary N) is 1. The van der Waals surface area contributed by atoms with E-state index in [0.717, 1.165) is 40.8 Å². The van der Waals surface area contributed by atoms with E-state index >= 15 is 0 Å². The Morgan fingerprint density at radius 3 is 2.63 bits per heavy atom. The van der Waals surface area contributed by atoms with E-state index in [9.17, 15) is 4.79 Å². The van der Waals surface area contributed by atoms with Gasteiger partial charge in [0.2, 0.25) is 5.91 Å². The minimum Gasteiger partial charge on any atom is -0.464 e. The standard InChI is InChI=1S/C25H27N3O2/c1-17-12-23-21(16-30-24(23)13-18(17)2)14-25(29)26-11-7-8-20-15-28(27-19(20)3)22-9-5-4-6-10-22/h4-6,9-10,12-13,15-16H,7-8,11,14H2,1-3H3,(H,26,29). The summed E-state index contributed by atoms with van der Waals surface area (Å²) in [4.78, 5) is 12.4. The Labute approximate surface area is 176 Å². The van der Waals surface area contributed by atoms with Crippen molar-refractivity contribution in [2.24, 2.45) is 0 Å². The van der Waals surface area contributed by atoms with Gasteiger partial charge in [0.25, 0.3) is 0 Å². The summed E-state index contributed by atoms with van der Waals surface area (Å²) < 4.78 is 7.55. The van der Waals surface area contributed by atoms with Crippen LogP contribution in [0.1, 0.15) is 34.4 Å². The summed E-state index contributed by atoms with van der Waals surface area (Å²) >= 11 is 0. The van der Waals surface area contributed by atoms with Gasteiger partial charge in [-0.05, 0) is 74.6 Å². The molecule has 0 saturated carbocycles. The summed E-state index contributed by atoms with van der Waals surface area (Å²) in [6.07, 6.45) is 5.86. The van der Waals surface area contributed by atoms with Crippen LogP contribution in [0.4, 0.5) is 0 Å². The smallest absolute Gasteiger partial charge is 0.224 e. The third-order valence-corrected chi connectivity index (χ3v) is 5.59. The Kier molecular flexibility index (Phi) is 5.70. The number of amides is 1. The predicted octanol–water partition coefficient (Wildman–Crippen LogP) is 4.84. The number of hydrogen-bond acceptors (Lipinski definition) is 3. The first kappa shape index (κ1) is 20.0. The van der Waals surface area contributed by atoms with Gasteiger partial charge in [0.1, 0.15) is 5.58 Å². The van der Waals surface area contributed by atoms with Gasteiger partial charge in [-0.15, -0.1) is 0 Å². The lowest BCUT2D eigenvalue weighted by atomic mass is 10.0. The number of furan rings is 1. The first-order chi connectivity index (χ1) is 14.5. The van der Waals surface area contributed by atoms with Crippen molar-refractivity contribution >= 4 is 16.9 Å². The van der Waals surface area contributed by atoms with E-state index in [1.807, 2.05) is 48.0 Å². The third kappa shape index (κ3) is 4.30. The van der Waals surface area contributed by atoms with E-state index in [0.29, 0.717) is 13.0 Å². The molecule has 1 amide bonds. The molecule has 154 valence electrons. The SMILES string of the molecule is Cc1cc2occ(CC(=O)NCCCc3cn(-c4ccccc4)nc3C)c2cc1C. The number of para-hydroxylation sites is 1. The number of benzene rings is 2. The second-order valence-corrected chi connectivity index (χ2v) is 7.84. The fourth-order valence-corrected chi connectivity index (χ4v) is 3.67. The van der Waals surface area contributed by atoms with E-state index in [1.165, 1.54) is 16.7 Å². The van der Waals surface area contributed by atoms with Crippen LogP contribution in [0.5, 0.6) is 0 Å². The molecular weight excluding hydrogens is 374 g/mol. The Morgan fingerprint density at radius 2 is 1.83 bits per heavy atom. The Morgan fingerprint density at radius 1 is 1.07 bits per heavy atom. The maximum Gasteiger partial charge on any atom is 0.224 e. The molecule has 0 atom stereocenters. The lowest BCUT2D eigenvalue weighted by Crippen LogP contribution is -2.26. The summed E-state index contributed by atoms with van der Waals surface area (Å²) in [5.41, 5.74) is 7.46. The van der Waals surface area contributed by atoms with Crippen molar-refractivity contribution in [2.75, 3.05) is 6.54 Å². The number of carbonyl (C=O) groups excluding carboxylic acids is 1. The minimum absolute atomic E-state index is 0.0210. The molecule has 0 aliphatic heterocycles. The monoisotopic (exact) mass is 401 g/mol. The molecule has 30 heavy (non-hydrogen) atoms. The highest BCUT2D eigenvalue weighted by Gasteiger charge is 2.12. The number of rotatable bonds is 7. The van der Waals surface area contributed by atoms with Gasteiger partial charge in [-0.2, -0.15) is 5.10 Å². The maximum absolute atomic E-state index is 12.4. The maximum atomic E-state index is 12.4. The van der Waals surface area contributed by atoms with Crippen molar-refractivity contribution in [2.45, 2.75) is 40.0 Å². The van der Waals surface area contributed by atoms with Gasteiger partial charge in [0.15, 0.2) is 0 Å². The fraction of sp³-hybridized carbons (Fsp3) is 0.280. The number of fused-ring (bicyclic) bond motifs is 1. The van der Waals surface area contributed by atoms with Gasteiger partial charge in [-0.25, -0.2) is 4.68 Å². The van der Waals surface area contributed by atoms with Crippen molar-refractivity contribution in [3.8, 4) is 5.69 Å². The van der Waals surface area contributed by atoms with E-state index in [4.69, 9.17) is 4.42 Å². The highest BCUT2D eigenvalue weighted by molar-refractivity contribution is 5.88. The molecule has 2 aromatic heterocycles. The average molecular weight is 402 g/mol. The Hall–Kier alpha value is -3.34. The van der Waals surface area contributed by atoms with Crippen molar-refractivity contribution < 1.29 is 9.21 Å². The van der Waals surface area contributed by atoms with Crippen LogP contribution in [0.3, 0.4) is 0 Å². The molecular formula is C25H27N3O2. The summed E-state index contributed by atoms with van der Waals surface area (Å²) in [6.45, 7) is 6.81. The van der Waals surface area contributed by atoms with Crippen LogP contribution in [0.2, 0.25) is 0 Å². The van der Waals surface area contributed by atoms with Crippen molar-refractivity contribution in [3.05, 3.63) is 82.9 Å². The molecule has 0 fully saturated rings. The normalized spacial score (nSPS) is 11.2. The van der Waals surface area contributed by atoms with Crippen LogP contribution in [-0.2, 0) is 17.6 Å². The van der Waals surface area contributed by atoms with E-state index in [-0.39, 0.29) is 5.91 Å². The minimum atomic E-state index is 0.0210. The molecule has 1 N–H and O–H groups in total. The van der Waals surface area contributed by atoms with E-state index in [1.54, 1.807) is 6.26 Å². The molecule has 0 unspecified atom stereocenters. The van der Waals surface area contributed by atoms with Crippen LogP contribution in [0.25, 0.3) is 16.7 Å². The topological polar surface area (TPSA) is 60.1 Å². The quantitative estimate of drug-likeness (QED) is 0.451. The number of carbonyl (C=O) groups is 1. The summed E-state index contributed by atoms with van der Waals surface area (Å²) in [6, 6.07) is 14.2. The first-order valence-corrected chi connectivity index (χ1v) is 10.4. The van der Waals surface area contributed by atoms with Crippen molar-refractivity contribution in [3.63, 3.8) is 0 Å². The molecule has 0 radical (unpaired) electrons. The Balaban J connectivity index is 1.30. The number of aryl methyl sites for hydroxylation is 4. The van der Waals surface area contributed by atoms with Crippen molar-refractivity contribution in [1.29, 1.82) is 0 Å².